The number of rotatable bonds is 2. The van der Waals surface area contributed by atoms with Gasteiger partial charge in [0.15, 0.2) is 0 Å². The molecule has 136 valence electrons. The lowest BCUT2D eigenvalue weighted by Crippen LogP contribution is -2.46. The number of aromatic amines is 1. The highest BCUT2D eigenvalue weighted by atomic mass is 16.2. The molecule has 2 bridgehead atoms. The summed E-state index contributed by atoms with van der Waals surface area (Å²) in [7, 11) is 0. The number of fused-ring (bicyclic) bond motifs is 4. The lowest BCUT2D eigenvalue weighted by Gasteiger charge is -2.45. The van der Waals surface area contributed by atoms with E-state index in [-0.39, 0.29) is 17.3 Å². The summed E-state index contributed by atoms with van der Waals surface area (Å²) in [4.78, 5) is 28.4. The minimum Gasteiger partial charge on any atom is -0.383 e. The Bertz CT molecular complexity index is 939. The summed E-state index contributed by atoms with van der Waals surface area (Å²) in [6.07, 6.45) is 5.05. The van der Waals surface area contributed by atoms with Crippen LogP contribution in [0.1, 0.15) is 35.9 Å². The molecular weight excluding hydrogens is 328 g/mol. The molecule has 0 aliphatic carbocycles. The van der Waals surface area contributed by atoms with E-state index in [4.69, 9.17) is 0 Å². The van der Waals surface area contributed by atoms with Gasteiger partial charge < -0.3 is 10.2 Å². The van der Waals surface area contributed by atoms with Crippen LogP contribution in [0, 0.1) is 5.92 Å². The van der Waals surface area contributed by atoms with Gasteiger partial charge in [-0.2, -0.15) is 0 Å². The molecule has 26 heavy (non-hydrogen) atoms. The number of nitrogens with one attached hydrogen (secondary N) is 2. The molecule has 0 amide bonds. The molecule has 0 radical (unpaired) electrons. The van der Waals surface area contributed by atoms with E-state index in [0.717, 1.165) is 12.3 Å². The fraction of sp³-hybridized carbons (Fsp3) is 0.500. The van der Waals surface area contributed by atoms with Gasteiger partial charge in [-0.15, -0.1) is 0 Å². The summed E-state index contributed by atoms with van der Waals surface area (Å²) in [5.74, 6) is 1.45. The number of nitrogens with zero attached hydrogens (tertiary/aromatic N) is 2. The predicted octanol–water partition coefficient (Wildman–Crippen LogP) is 1.56. The third-order valence-electron chi connectivity index (χ3n) is 6.44. The first-order chi connectivity index (χ1) is 12.7. The molecule has 4 aliphatic rings. The van der Waals surface area contributed by atoms with E-state index in [0.29, 0.717) is 12.5 Å². The minimum absolute atomic E-state index is 0.0219. The van der Waals surface area contributed by atoms with E-state index in [1.165, 1.54) is 55.4 Å². The summed E-state index contributed by atoms with van der Waals surface area (Å²) in [5.41, 5.74) is 3.20. The summed E-state index contributed by atoms with van der Waals surface area (Å²) < 4.78 is 1.64. The zero-order chi connectivity index (χ0) is 17.7. The van der Waals surface area contributed by atoms with Crippen molar-refractivity contribution < 1.29 is 0 Å². The van der Waals surface area contributed by atoms with Crippen LogP contribution in [0.4, 0.5) is 5.69 Å². The van der Waals surface area contributed by atoms with Crippen molar-refractivity contribution in [2.24, 2.45) is 5.92 Å². The second-order valence-corrected chi connectivity index (χ2v) is 7.92. The fourth-order valence-corrected chi connectivity index (χ4v) is 4.99. The van der Waals surface area contributed by atoms with Crippen molar-refractivity contribution in [2.75, 3.05) is 31.5 Å². The number of aromatic nitrogens is 2. The molecule has 1 aromatic carbocycles. The molecule has 6 nitrogen and oxygen atoms in total. The van der Waals surface area contributed by atoms with Crippen molar-refractivity contribution >= 4 is 5.69 Å². The molecule has 2 aromatic rings. The molecule has 0 spiro atoms. The molecule has 5 heterocycles. The number of hydrogen-bond acceptors (Lipinski definition) is 4. The Balaban J connectivity index is 1.43. The second-order valence-electron chi connectivity index (χ2n) is 7.92. The molecule has 3 fully saturated rings. The topological polar surface area (TPSA) is 70.1 Å². The highest BCUT2D eigenvalue weighted by Gasteiger charge is 2.35. The lowest BCUT2D eigenvalue weighted by atomic mass is 9.75. The van der Waals surface area contributed by atoms with Crippen LogP contribution in [0.15, 0.2) is 40.1 Å². The lowest BCUT2D eigenvalue weighted by molar-refractivity contribution is 0.0871. The van der Waals surface area contributed by atoms with Gasteiger partial charge in [0, 0.05) is 31.0 Å². The average molecular weight is 352 g/mol. The zero-order valence-corrected chi connectivity index (χ0v) is 14.8. The summed E-state index contributed by atoms with van der Waals surface area (Å²) in [6, 6.07) is 8.27. The SMILES string of the molecule is O=c1ccn(C2CNc3ccc(C4CN5CCC4CC5)cc3C2)c(=O)[nH]1. The molecule has 6 heteroatoms. The number of benzene rings is 1. The van der Waals surface area contributed by atoms with Gasteiger partial charge in [-0.1, -0.05) is 12.1 Å². The molecular formula is C20H24N4O2. The van der Waals surface area contributed by atoms with E-state index in [2.05, 4.69) is 33.4 Å². The van der Waals surface area contributed by atoms with Gasteiger partial charge in [-0.3, -0.25) is 14.3 Å². The first kappa shape index (κ1) is 15.9. The molecule has 3 saturated heterocycles. The van der Waals surface area contributed by atoms with Gasteiger partial charge in [0.25, 0.3) is 5.56 Å². The normalized spacial score (nSPS) is 29.8. The third kappa shape index (κ3) is 2.69. The first-order valence-corrected chi connectivity index (χ1v) is 9.58. The quantitative estimate of drug-likeness (QED) is 0.860. The molecule has 2 unspecified atom stereocenters. The Morgan fingerprint density at radius 1 is 1.08 bits per heavy atom. The smallest absolute Gasteiger partial charge is 0.328 e. The van der Waals surface area contributed by atoms with Crippen LogP contribution in [-0.2, 0) is 6.42 Å². The Labute approximate surface area is 151 Å². The molecule has 1 aromatic heterocycles. The van der Waals surface area contributed by atoms with Crippen LogP contribution < -0.4 is 16.6 Å². The van der Waals surface area contributed by atoms with Gasteiger partial charge in [0.05, 0.1) is 6.04 Å². The monoisotopic (exact) mass is 352 g/mol. The van der Waals surface area contributed by atoms with Crippen molar-refractivity contribution in [3.63, 3.8) is 0 Å². The highest BCUT2D eigenvalue weighted by molar-refractivity contribution is 5.55. The van der Waals surface area contributed by atoms with E-state index in [1.54, 1.807) is 10.8 Å². The van der Waals surface area contributed by atoms with Crippen LogP contribution in [0.5, 0.6) is 0 Å². The average Bonchev–Trinajstić information content (AvgIpc) is 2.68. The van der Waals surface area contributed by atoms with E-state index >= 15 is 0 Å². The minimum atomic E-state index is -0.347. The van der Waals surface area contributed by atoms with E-state index in [9.17, 15) is 9.59 Å². The van der Waals surface area contributed by atoms with Crippen LogP contribution in [0.3, 0.4) is 0 Å². The van der Waals surface area contributed by atoms with E-state index in [1.807, 2.05) is 0 Å². The number of hydrogen-bond donors (Lipinski definition) is 2. The second kappa shape index (κ2) is 6.13. The Kier molecular flexibility index (Phi) is 3.74. The van der Waals surface area contributed by atoms with Gasteiger partial charge in [0.1, 0.15) is 0 Å². The molecule has 4 aliphatic heterocycles. The predicted molar refractivity (Wildman–Crippen MR) is 101 cm³/mol. The first-order valence-electron chi connectivity index (χ1n) is 9.58. The maximum Gasteiger partial charge on any atom is 0.328 e. The van der Waals surface area contributed by atoms with Gasteiger partial charge in [-0.25, -0.2) is 4.79 Å². The number of H-pyrrole nitrogens is 1. The van der Waals surface area contributed by atoms with Gasteiger partial charge in [-0.05, 0) is 61.4 Å². The summed E-state index contributed by atoms with van der Waals surface area (Å²) in [6.45, 7) is 4.38. The van der Waals surface area contributed by atoms with E-state index < -0.39 is 0 Å². The Morgan fingerprint density at radius 3 is 2.65 bits per heavy atom. The van der Waals surface area contributed by atoms with Crippen molar-refractivity contribution in [3.8, 4) is 0 Å². The molecule has 2 atom stereocenters. The van der Waals surface area contributed by atoms with Gasteiger partial charge >= 0.3 is 5.69 Å². The van der Waals surface area contributed by atoms with Crippen LogP contribution in [-0.4, -0.2) is 40.6 Å². The molecule has 0 saturated carbocycles. The van der Waals surface area contributed by atoms with Crippen LogP contribution >= 0.6 is 0 Å². The van der Waals surface area contributed by atoms with Crippen LogP contribution in [0.2, 0.25) is 0 Å². The van der Waals surface area contributed by atoms with Crippen LogP contribution in [0.25, 0.3) is 0 Å². The maximum atomic E-state index is 12.1. The molecule has 6 rings (SSSR count). The Morgan fingerprint density at radius 2 is 1.92 bits per heavy atom. The summed E-state index contributed by atoms with van der Waals surface area (Å²) in [5, 5.41) is 3.45. The molecule has 2 N–H and O–H groups in total. The largest absolute Gasteiger partial charge is 0.383 e. The maximum absolute atomic E-state index is 12.1. The van der Waals surface area contributed by atoms with Gasteiger partial charge in [0.2, 0.25) is 0 Å². The third-order valence-corrected chi connectivity index (χ3v) is 6.44. The van der Waals surface area contributed by atoms with Crippen molar-refractivity contribution in [2.45, 2.75) is 31.2 Å². The number of piperidine rings is 3. The number of anilines is 1. The fourth-order valence-electron chi connectivity index (χ4n) is 4.99. The zero-order valence-electron chi connectivity index (χ0n) is 14.8. The Hall–Kier alpha value is -2.34. The standard InChI is InChI=1S/C20H24N4O2/c25-19-5-8-24(20(26)22-19)16-10-15-9-14(1-2-18(15)21-11-16)17-12-23-6-3-13(17)4-7-23/h1-2,5,8-9,13,16-17,21H,3-4,6-7,10-12H2,(H,22,25,26). The summed E-state index contributed by atoms with van der Waals surface area (Å²) >= 11 is 0. The highest BCUT2D eigenvalue weighted by Crippen LogP contribution is 2.40. The van der Waals surface area contributed by atoms with Crippen molar-refractivity contribution in [1.29, 1.82) is 0 Å². The van der Waals surface area contributed by atoms with Crippen molar-refractivity contribution in [3.05, 3.63) is 62.4 Å². The van der Waals surface area contributed by atoms with Crippen molar-refractivity contribution in [1.82, 2.24) is 14.5 Å².